The van der Waals surface area contributed by atoms with Gasteiger partial charge in [0.1, 0.15) is 0 Å². The average molecular weight is 336 g/mol. The second-order valence-corrected chi connectivity index (χ2v) is 8.21. The van der Waals surface area contributed by atoms with E-state index in [1.165, 1.54) is 29.5 Å². The highest BCUT2D eigenvalue weighted by Crippen LogP contribution is 2.50. The molecule has 2 aliphatic rings. The Balaban J connectivity index is 1.64. The van der Waals surface area contributed by atoms with Gasteiger partial charge in [0.2, 0.25) is 10.0 Å². The molecule has 0 amide bonds. The summed E-state index contributed by atoms with van der Waals surface area (Å²) in [7, 11) is -3.58. The summed E-state index contributed by atoms with van der Waals surface area (Å²) in [6.07, 6.45) is 4.62. The fraction of sp³-hybridized carbons (Fsp3) is 0.562. The lowest BCUT2D eigenvalue weighted by Gasteiger charge is -2.06. The van der Waals surface area contributed by atoms with E-state index in [-0.39, 0.29) is 10.9 Å². The molecule has 7 heteroatoms. The van der Waals surface area contributed by atoms with Crippen molar-refractivity contribution in [2.75, 3.05) is 0 Å². The third-order valence-corrected chi connectivity index (χ3v) is 6.67. The number of benzene rings is 1. The maximum atomic E-state index is 12.6. The number of fused-ring (bicyclic) bond motifs is 2. The van der Waals surface area contributed by atoms with Gasteiger partial charge in [0.25, 0.3) is 0 Å². The van der Waals surface area contributed by atoms with Crippen molar-refractivity contribution < 1.29 is 12.8 Å². The average Bonchev–Trinajstić information content (AvgIpc) is 3.10. The van der Waals surface area contributed by atoms with Crippen molar-refractivity contribution in [2.45, 2.75) is 50.1 Å². The fourth-order valence-corrected chi connectivity index (χ4v) is 5.28. The van der Waals surface area contributed by atoms with E-state index in [2.05, 4.69) is 4.72 Å². The standard InChI is InChI=1S/C16H20N2O4S/c1-2-18-13-8-7-10(9-14(13)22-16(18)19)23(20,21)17-15-11-5-3-4-6-12(11)15/h7-9,11-12,15,17H,2-6H2,1H3/t11-,12-/m0/s1. The highest BCUT2D eigenvalue weighted by molar-refractivity contribution is 7.89. The molecular weight excluding hydrogens is 316 g/mol. The van der Waals surface area contributed by atoms with E-state index < -0.39 is 15.8 Å². The molecule has 0 radical (unpaired) electrons. The van der Waals surface area contributed by atoms with E-state index in [1.807, 2.05) is 6.92 Å². The van der Waals surface area contributed by atoms with Crippen LogP contribution >= 0.6 is 0 Å². The van der Waals surface area contributed by atoms with Gasteiger partial charge >= 0.3 is 5.76 Å². The van der Waals surface area contributed by atoms with Crippen LogP contribution in [0.15, 0.2) is 32.3 Å². The van der Waals surface area contributed by atoms with Crippen LogP contribution in [0.4, 0.5) is 0 Å². The molecule has 0 aliphatic heterocycles. The lowest BCUT2D eigenvalue weighted by molar-refractivity contribution is 0.480. The van der Waals surface area contributed by atoms with Crippen LogP contribution in [0, 0.1) is 11.8 Å². The van der Waals surface area contributed by atoms with Crippen LogP contribution < -0.4 is 10.5 Å². The first kappa shape index (κ1) is 15.0. The van der Waals surface area contributed by atoms with Gasteiger partial charge in [-0.2, -0.15) is 0 Å². The summed E-state index contributed by atoms with van der Waals surface area (Å²) in [4.78, 5) is 11.9. The van der Waals surface area contributed by atoms with Crippen LogP contribution in [0.25, 0.3) is 11.1 Å². The molecule has 6 nitrogen and oxygen atoms in total. The molecule has 2 aromatic rings. The van der Waals surface area contributed by atoms with Crippen molar-refractivity contribution in [3.63, 3.8) is 0 Å². The lowest BCUT2D eigenvalue weighted by Crippen LogP contribution is -2.27. The normalized spacial score (nSPS) is 27.1. The zero-order valence-electron chi connectivity index (χ0n) is 13.0. The highest BCUT2D eigenvalue weighted by Gasteiger charge is 2.52. The molecule has 0 spiro atoms. The first-order valence-electron chi connectivity index (χ1n) is 8.17. The number of sulfonamides is 1. The maximum absolute atomic E-state index is 12.6. The zero-order chi connectivity index (χ0) is 16.2. The van der Waals surface area contributed by atoms with E-state index in [0.717, 1.165) is 12.8 Å². The number of aryl methyl sites for hydroxylation is 1. The molecule has 2 saturated carbocycles. The highest BCUT2D eigenvalue weighted by atomic mass is 32.2. The van der Waals surface area contributed by atoms with Crippen molar-refractivity contribution in [3.05, 3.63) is 28.7 Å². The smallest absolute Gasteiger partial charge is 0.408 e. The number of nitrogens with one attached hydrogen (secondary N) is 1. The Morgan fingerprint density at radius 3 is 2.61 bits per heavy atom. The van der Waals surface area contributed by atoms with E-state index >= 15 is 0 Å². The minimum Gasteiger partial charge on any atom is -0.408 e. The van der Waals surface area contributed by atoms with Crippen LogP contribution in [0.2, 0.25) is 0 Å². The predicted molar refractivity (Wildman–Crippen MR) is 85.7 cm³/mol. The van der Waals surface area contributed by atoms with Gasteiger partial charge in [-0.05, 0) is 43.7 Å². The lowest BCUT2D eigenvalue weighted by atomic mass is 10.0. The number of hydrogen-bond donors (Lipinski definition) is 1. The monoisotopic (exact) mass is 336 g/mol. The Morgan fingerprint density at radius 2 is 1.96 bits per heavy atom. The van der Waals surface area contributed by atoms with Crippen LogP contribution in [-0.2, 0) is 16.6 Å². The van der Waals surface area contributed by atoms with E-state index in [1.54, 1.807) is 6.07 Å². The number of hydrogen-bond acceptors (Lipinski definition) is 4. The van der Waals surface area contributed by atoms with Gasteiger partial charge in [0.15, 0.2) is 5.58 Å². The molecule has 2 fully saturated rings. The molecule has 124 valence electrons. The maximum Gasteiger partial charge on any atom is 0.419 e. The number of oxazole rings is 1. The van der Waals surface area contributed by atoms with Gasteiger partial charge in [-0.1, -0.05) is 12.8 Å². The molecule has 23 heavy (non-hydrogen) atoms. The zero-order valence-corrected chi connectivity index (χ0v) is 13.8. The summed E-state index contributed by atoms with van der Waals surface area (Å²) in [5.74, 6) is 0.543. The Kier molecular flexibility index (Phi) is 3.39. The summed E-state index contributed by atoms with van der Waals surface area (Å²) in [6.45, 7) is 2.33. The summed E-state index contributed by atoms with van der Waals surface area (Å²) >= 11 is 0. The molecule has 0 bridgehead atoms. The third kappa shape index (κ3) is 2.42. The minimum absolute atomic E-state index is 0.0745. The van der Waals surface area contributed by atoms with Crippen molar-refractivity contribution in [1.82, 2.24) is 9.29 Å². The molecule has 1 heterocycles. The van der Waals surface area contributed by atoms with Gasteiger partial charge in [-0.3, -0.25) is 4.57 Å². The topological polar surface area (TPSA) is 81.3 Å². The van der Waals surface area contributed by atoms with Gasteiger partial charge in [-0.25, -0.2) is 17.9 Å². The molecule has 1 aromatic carbocycles. The Bertz CT molecular complexity index is 900. The first-order chi connectivity index (χ1) is 11.0. The predicted octanol–water partition coefficient (Wildman–Crippen LogP) is 2.08. The largest absolute Gasteiger partial charge is 0.419 e. The molecule has 1 aromatic heterocycles. The number of nitrogens with zero attached hydrogens (tertiary/aromatic N) is 1. The van der Waals surface area contributed by atoms with Crippen LogP contribution in [0.3, 0.4) is 0 Å². The third-order valence-electron chi connectivity index (χ3n) is 5.21. The number of aromatic nitrogens is 1. The molecule has 1 N–H and O–H groups in total. The Hall–Kier alpha value is -1.60. The summed E-state index contributed by atoms with van der Waals surface area (Å²) in [6, 6.07) is 4.69. The second-order valence-electron chi connectivity index (χ2n) is 6.50. The molecule has 2 atom stereocenters. The number of rotatable bonds is 4. The Morgan fingerprint density at radius 1 is 1.26 bits per heavy atom. The van der Waals surface area contributed by atoms with Crippen LogP contribution in [-0.4, -0.2) is 19.0 Å². The van der Waals surface area contributed by atoms with Gasteiger partial charge in [0, 0.05) is 18.7 Å². The Labute approximate surface area is 134 Å². The van der Waals surface area contributed by atoms with Crippen molar-refractivity contribution in [1.29, 1.82) is 0 Å². The molecule has 2 aliphatic carbocycles. The van der Waals surface area contributed by atoms with E-state index in [4.69, 9.17) is 4.42 Å². The molecule has 4 rings (SSSR count). The minimum atomic E-state index is -3.58. The second kappa shape index (κ2) is 5.21. The van der Waals surface area contributed by atoms with Crippen molar-refractivity contribution in [3.8, 4) is 0 Å². The van der Waals surface area contributed by atoms with Gasteiger partial charge in [0.05, 0.1) is 10.4 Å². The molecular formula is C16H20N2O4S. The van der Waals surface area contributed by atoms with Crippen molar-refractivity contribution in [2.24, 2.45) is 11.8 Å². The first-order valence-corrected chi connectivity index (χ1v) is 9.65. The fourth-order valence-electron chi connectivity index (χ4n) is 3.93. The summed E-state index contributed by atoms with van der Waals surface area (Å²) in [5.41, 5.74) is 0.935. The van der Waals surface area contributed by atoms with Gasteiger partial charge in [-0.15, -0.1) is 0 Å². The summed E-state index contributed by atoms with van der Waals surface area (Å²) < 4.78 is 34.7. The summed E-state index contributed by atoms with van der Waals surface area (Å²) in [5, 5.41) is 0. The van der Waals surface area contributed by atoms with E-state index in [9.17, 15) is 13.2 Å². The molecule has 0 saturated heterocycles. The SMILES string of the molecule is CCn1c(=O)oc2cc(S(=O)(=O)NC3[C@H]4CCCC[C@H]34)ccc21. The molecule has 0 unspecified atom stereocenters. The van der Waals surface area contributed by atoms with E-state index in [0.29, 0.717) is 29.5 Å². The quantitative estimate of drug-likeness (QED) is 0.927. The van der Waals surface area contributed by atoms with Crippen molar-refractivity contribution >= 4 is 21.1 Å². The van der Waals surface area contributed by atoms with Crippen LogP contribution in [0.1, 0.15) is 32.6 Å². The van der Waals surface area contributed by atoms with Gasteiger partial charge < -0.3 is 4.42 Å². The van der Waals surface area contributed by atoms with Crippen LogP contribution in [0.5, 0.6) is 0 Å².